The number of benzene rings is 1. The molecule has 2 heterocycles. The lowest BCUT2D eigenvalue weighted by Crippen LogP contribution is -2.43. The summed E-state index contributed by atoms with van der Waals surface area (Å²) >= 11 is 0. The minimum Gasteiger partial charge on any atom is -0.504 e. The fourth-order valence-electron chi connectivity index (χ4n) is 4.02. The van der Waals surface area contributed by atoms with E-state index in [0.717, 1.165) is 32.4 Å². The van der Waals surface area contributed by atoms with Crippen molar-refractivity contribution in [2.75, 3.05) is 26.8 Å². The quantitative estimate of drug-likeness (QED) is 0.839. The van der Waals surface area contributed by atoms with E-state index in [1.807, 2.05) is 18.2 Å². The van der Waals surface area contributed by atoms with Crippen LogP contribution in [0.3, 0.4) is 0 Å². The van der Waals surface area contributed by atoms with Gasteiger partial charge in [-0.1, -0.05) is 6.08 Å². The number of aliphatic hydroxyl groups is 1. The largest absolute Gasteiger partial charge is 0.504 e. The van der Waals surface area contributed by atoms with Crippen LogP contribution in [0.25, 0.3) is 0 Å². The fraction of sp³-hybridized carbons (Fsp3) is 0.556. The average molecular weight is 303 g/mol. The molecule has 1 aromatic rings. The van der Waals surface area contributed by atoms with Gasteiger partial charge in [-0.2, -0.15) is 0 Å². The standard InChI is InChI=1S/C18H25NO3/c1-3-12(11-20)13-4-6-19-7-5-14-9-18(22-2)17(21)10-15(14)16(19)8-13/h3,9-10,12-13,16,20-21H,1,4-8,11H2,2H3/t12-,13+,16-/m0/s1. The van der Waals surface area contributed by atoms with Crippen LogP contribution in [0.4, 0.5) is 0 Å². The zero-order chi connectivity index (χ0) is 15.7. The summed E-state index contributed by atoms with van der Waals surface area (Å²) in [5.74, 6) is 1.39. The van der Waals surface area contributed by atoms with Crippen molar-refractivity contribution in [3.63, 3.8) is 0 Å². The molecule has 0 radical (unpaired) electrons. The molecule has 3 rings (SSSR count). The van der Waals surface area contributed by atoms with E-state index in [1.54, 1.807) is 7.11 Å². The van der Waals surface area contributed by atoms with Crippen LogP contribution in [0.15, 0.2) is 24.8 Å². The monoisotopic (exact) mass is 303 g/mol. The molecule has 1 saturated heterocycles. The topological polar surface area (TPSA) is 52.9 Å². The molecular formula is C18H25NO3. The number of hydrogen-bond acceptors (Lipinski definition) is 4. The second kappa shape index (κ2) is 6.31. The van der Waals surface area contributed by atoms with Crippen molar-refractivity contribution in [1.82, 2.24) is 4.90 Å². The molecule has 2 aliphatic heterocycles. The van der Waals surface area contributed by atoms with Gasteiger partial charge in [0.15, 0.2) is 11.5 Å². The summed E-state index contributed by atoms with van der Waals surface area (Å²) in [7, 11) is 1.59. The van der Waals surface area contributed by atoms with Crippen molar-refractivity contribution in [2.45, 2.75) is 25.3 Å². The molecule has 3 atom stereocenters. The Morgan fingerprint density at radius 1 is 1.45 bits per heavy atom. The van der Waals surface area contributed by atoms with E-state index in [1.165, 1.54) is 11.1 Å². The van der Waals surface area contributed by atoms with Gasteiger partial charge in [-0.05, 0) is 55.0 Å². The van der Waals surface area contributed by atoms with Gasteiger partial charge in [0.1, 0.15) is 0 Å². The molecule has 0 bridgehead atoms. The smallest absolute Gasteiger partial charge is 0.160 e. The third-order valence-electron chi connectivity index (χ3n) is 5.34. The van der Waals surface area contributed by atoms with Gasteiger partial charge in [0, 0.05) is 25.1 Å². The third-order valence-corrected chi connectivity index (χ3v) is 5.34. The summed E-state index contributed by atoms with van der Waals surface area (Å²) in [5, 5.41) is 19.7. The number of aliphatic hydroxyl groups excluding tert-OH is 1. The van der Waals surface area contributed by atoms with Crippen molar-refractivity contribution in [2.24, 2.45) is 11.8 Å². The van der Waals surface area contributed by atoms with Crippen molar-refractivity contribution in [3.05, 3.63) is 35.9 Å². The second-order valence-electron chi connectivity index (χ2n) is 6.39. The first-order chi connectivity index (χ1) is 10.7. The Morgan fingerprint density at radius 3 is 2.95 bits per heavy atom. The molecule has 4 nitrogen and oxygen atoms in total. The summed E-state index contributed by atoms with van der Waals surface area (Å²) in [4.78, 5) is 2.50. The number of piperidine rings is 1. The van der Waals surface area contributed by atoms with Crippen molar-refractivity contribution >= 4 is 0 Å². The molecule has 2 aliphatic rings. The summed E-state index contributed by atoms with van der Waals surface area (Å²) in [6.07, 6.45) is 4.99. The first-order valence-electron chi connectivity index (χ1n) is 8.05. The molecular weight excluding hydrogens is 278 g/mol. The number of methoxy groups -OCH3 is 1. The van der Waals surface area contributed by atoms with Crippen LogP contribution in [-0.2, 0) is 6.42 Å². The molecule has 0 unspecified atom stereocenters. The fourth-order valence-corrected chi connectivity index (χ4v) is 4.02. The highest BCUT2D eigenvalue weighted by Crippen LogP contribution is 2.44. The van der Waals surface area contributed by atoms with Gasteiger partial charge in [-0.15, -0.1) is 6.58 Å². The molecule has 0 aliphatic carbocycles. The third kappa shape index (κ3) is 2.61. The molecule has 0 aromatic heterocycles. The lowest BCUT2D eigenvalue weighted by Gasteiger charge is -2.45. The van der Waals surface area contributed by atoms with Gasteiger partial charge in [-0.25, -0.2) is 0 Å². The van der Waals surface area contributed by atoms with Gasteiger partial charge in [0.25, 0.3) is 0 Å². The van der Waals surface area contributed by atoms with E-state index in [2.05, 4.69) is 11.5 Å². The molecule has 22 heavy (non-hydrogen) atoms. The number of ether oxygens (including phenoxy) is 1. The second-order valence-corrected chi connectivity index (χ2v) is 6.39. The first kappa shape index (κ1) is 15.4. The van der Waals surface area contributed by atoms with Gasteiger partial charge in [0.2, 0.25) is 0 Å². The van der Waals surface area contributed by atoms with Crippen molar-refractivity contribution in [3.8, 4) is 11.5 Å². The van der Waals surface area contributed by atoms with Crippen LogP contribution < -0.4 is 4.74 Å². The molecule has 1 aromatic carbocycles. The van der Waals surface area contributed by atoms with E-state index in [4.69, 9.17) is 4.74 Å². The zero-order valence-electron chi connectivity index (χ0n) is 13.2. The average Bonchev–Trinajstić information content (AvgIpc) is 2.55. The SMILES string of the molecule is C=C[C@@H](CO)[C@@H]1CCN2CCc3cc(OC)c(O)cc3[C@@H]2C1. The molecule has 0 spiro atoms. The van der Waals surface area contributed by atoms with Crippen LogP contribution >= 0.6 is 0 Å². The molecule has 0 amide bonds. The molecule has 4 heteroatoms. The Hall–Kier alpha value is -1.52. The molecule has 2 N–H and O–H groups in total. The maximum atomic E-state index is 10.1. The number of phenols is 1. The van der Waals surface area contributed by atoms with Gasteiger partial charge >= 0.3 is 0 Å². The Kier molecular flexibility index (Phi) is 4.41. The molecule has 1 fully saturated rings. The predicted molar refractivity (Wildman–Crippen MR) is 86.2 cm³/mol. The van der Waals surface area contributed by atoms with Crippen LogP contribution in [0.2, 0.25) is 0 Å². The molecule has 0 saturated carbocycles. The van der Waals surface area contributed by atoms with Crippen molar-refractivity contribution < 1.29 is 14.9 Å². The highest BCUT2D eigenvalue weighted by molar-refractivity contribution is 5.48. The highest BCUT2D eigenvalue weighted by atomic mass is 16.5. The van der Waals surface area contributed by atoms with E-state index in [-0.39, 0.29) is 18.3 Å². The zero-order valence-corrected chi connectivity index (χ0v) is 13.2. The van der Waals surface area contributed by atoms with Crippen LogP contribution in [0.5, 0.6) is 11.5 Å². The number of phenolic OH excluding ortho intramolecular Hbond substituents is 1. The van der Waals surface area contributed by atoms with E-state index < -0.39 is 0 Å². The normalized spacial score (nSPS) is 25.9. The molecule has 120 valence electrons. The Bertz CT molecular complexity index is 558. The lowest BCUT2D eigenvalue weighted by molar-refractivity contribution is 0.0718. The number of rotatable bonds is 4. The van der Waals surface area contributed by atoms with Gasteiger partial charge < -0.3 is 14.9 Å². The van der Waals surface area contributed by atoms with Crippen LogP contribution in [-0.4, -0.2) is 41.9 Å². The number of nitrogens with zero attached hydrogens (tertiary/aromatic N) is 1. The Balaban J connectivity index is 1.90. The summed E-state index contributed by atoms with van der Waals surface area (Å²) < 4.78 is 5.23. The highest BCUT2D eigenvalue weighted by Gasteiger charge is 2.36. The van der Waals surface area contributed by atoms with Crippen LogP contribution in [0.1, 0.15) is 30.0 Å². The number of aromatic hydroxyl groups is 1. The maximum Gasteiger partial charge on any atom is 0.160 e. The van der Waals surface area contributed by atoms with Crippen LogP contribution in [0, 0.1) is 11.8 Å². The minimum absolute atomic E-state index is 0.166. The maximum absolute atomic E-state index is 10.1. The summed E-state index contributed by atoms with van der Waals surface area (Å²) in [6.45, 7) is 6.13. The number of hydrogen-bond donors (Lipinski definition) is 2. The Morgan fingerprint density at radius 2 is 2.27 bits per heavy atom. The van der Waals surface area contributed by atoms with Gasteiger partial charge in [-0.3, -0.25) is 4.90 Å². The first-order valence-corrected chi connectivity index (χ1v) is 8.05. The summed E-state index contributed by atoms with van der Waals surface area (Å²) in [6, 6.07) is 4.17. The number of fused-ring (bicyclic) bond motifs is 3. The van der Waals surface area contributed by atoms with E-state index >= 15 is 0 Å². The predicted octanol–water partition coefficient (Wildman–Crippen LogP) is 2.50. The Labute approximate surface area is 132 Å². The van der Waals surface area contributed by atoms with Crippen molar-refractivity contribution in [1.29, 1.82) is 0 Å². The summed E-state index contributed by atoms with van der Waals surface area (Å²) in [5.41, 5.74) is 2.49. The minimum atomic E-state index is 0.166. The van der Waals surface area contributed by atoms with E-state index in [0.29, 0.717) is 17.7 Å². The van der Waals surface area contributed by atoms with E-state index in [9.17, 15) is 10.2 Å². The lowest BCUT2D eigenvalue weighted by atomic mass is 9.77. The van der Waals surface area contributed by atoms with Gasteiger partial charge in [0.05, 0.1) is 7.11 Å².